The van der Waals surface area contributed by atoms with Gasteiger partial charge < -0.3 is 10.1 Å². The van der Waals surface area contributed by atoms with Crippen LogP contribution in [0, 0.1) is 0 Å². The lowest BCUT2D eigenvalue weighted by atomic mass is 10.1. The lowest BCUT2D eigenvalue weighted by molar-refractivity contribution is -0.122. The van der Waals surface area contributed by atoms with Gasteiger partial charge in [-0.3, -0.25) is 14.6 Å². The second-order valence-electron chi connectivity index (χ2n) is 4.75. The Morgan fingerprint density at radius 2 is 2.00 bits per heavy atom. The number of carbonyl (C=O) groups is 2. The first kappa shape index (κ1) is 16.4. The van der Waals surface area contributed by atoms with Crippen LogP contribution in [0.4, 0.5) is 0 Å². The molecule has 5 nitrogen and oxygen atoms in total. The standard InChI is InChI=1S/C18H18N2O3/c1-2-20-18(22)13-23-16-8-5-14(6-9-16)7-10-17(21)15-4-3-11-19-12-15/h3-12H,2,13H2,1H3,(H,20,22)/b10-7-. The van der Waals surface area contributed by atoms with E-state index in [0.717, 1.165) is 5.56 Å². The van der Waals surface area contributed by atoms with Gasteiger partial charge in [-0.25, -0.2) is 0 Å². The van der Waals surface area contributed by atoms with Gasteiger partial charge in [-0.05, 0) is 42.8 Å². The highest BCUT2D eigenvalue weighted by molar-refractivity contribution is 6.06. The molecule has 0 aliphatic rings. The van der Waals surface area contributed by atoms with Crippen LogP contribution in [0.15, 0.2) is 54.9 Å². The highest BCUT2D eigenvalue weighted by atomic mass is 16.5. The Kier molecular flexibility index (Phi) is 6.06. The van der Waals surface area contributed by atoms with Crippen molar-refractivity contribution in [2.45, 2.75) is 6.92 Å². The van der Waals surface area contributed by atoms with E-state index in [1.54, 1.807) is 36.5 Å². The summed E-state index contributed by atoms with van der Waals surface area (Å²) in [4.78, 5) is 27.1. The average Bonchev–Trinajstić information content (AvgIpc) is 2.60. The lowest BCUT2D eigenvalue weighted by Crippen LogP contribution is -2.28. The smallest absolute Gasteiger partial charge is 0.257 e. The predicted molar refractivity (Wildman–Crippen MR) is 88.2 cm³/mol. The first-order chi connectivity index (χ1) is 11.2. The number of rotatable bonds is 7. The number of ketones is 1. The second-order valence-corrected chi connectivity index (χ2v) is 4.75. The van der Waals surface area contributed by atoms with Crippen LogP contribution in [0.25, 0.3) is 6.08 Å². The van der Waals surface area contributed by atoms with E-state index in [1.165, 1.54) is 12.3 Å². The van der Waals surface area contributed by atoms with Crippen molar-refractivity contribution < 1.29 is 14.3 Å². The summed E-state index contributed by atoms with van der Waals surface area (Å²) >= 11 is 0. The van der Waals surface area contributed by atoms with Crippen molar-refractivity contribution in [2.24, 2.45) is 0 Å². The minimum Gasteiger partial charge on any atom is -0.484 e. The lowest BCUT2D eigenvalue weighted by Gasteiger charge is -2.06. The molecule has 0 spiro atoms. The molecule has 1 heterocycles. The maximum absolute atomic E-state index is 11.9. The molecule has 1 N–H and O–H groups in total. The Bertz CT molecular complexity index is 679. The molecule has 1 aromatic carbocycles. The zero-order chi connectivity index (χ0) is 16.5. The number of likely N-dealkylation sites (N-methyl/N-ethyl adjacent to an activating group) is 1. The minimum absolute atomic E-state index is 0.0114. The SMILES string of the molecule is CCNC(=O)COc1ccc(/C=C\C(=O)c2cccnc2)cc1. The van der Waals surface area contributed by atoms with Crippen molar-refractivity contribution in [2.75, 3.05) is 13.2 Å². The Morgan fingerprint density at radius 3 is 2.65 bits per heavy atom. The maximum Gasteiger partial charge on any atom is 0.257 e. The Hall–Kier alpha value is -2.95. The van der Waals surface area contributed by atoms with Crippen LogP contribution >= 0.6 is 0 Å². The number of hydrogen-bond acceptors (Lipinski definition) is 4. The molecule has 0 bridgehead atoms. The van der Waals surface area contributed by atoms with Crippen LogP contribution in [0.1, 0.15) is 22.8 Å². The zero-order valence-corrected chi connectivity index (χ0v) is 12.9. The molecule has 0 saturated carbocycles. The van der Waals surface area contributed by atoms with E-state index in [0.29, 0.717) is 17.9 Å². The molecule has 0 atom stereocenters. The number of pyridine rings is 1. The Labute approximate surface area is 135 Å². The van der Waals surface area contributed by atoms with E-state index < -0.39 is 0 Å². The largest absolute Gasteiger partial charge is 0.484 e. The molecule has 2 aromatic rings. The molecule has 2 rings (SSSR count). The summed E-state index contributed by atoms with van der Waals surface area (Å²) in [5.41, 5.74) is 1.42. The van der Waals surface area contributed by atoms with Gasteiger partial charge in [0.2, 0.25) is 0 Å². The molecule has 1 amide bonds. The molecule has 0 aliphatic carbocycles. The van der Waals surface area contributed by atoms with E-state index in [-0.39, 0.29) is 18.3 Å². The summed E-state index contributed by atoms with van der Waals surface area (Å²) in [6.45, 7) is 2.42. The minimum atomic E-state index is -0.154. The maximum atomic E-state index is 11.9. The molecule has 0 aliphatic heterocycles. The predicted octanol–water partition coefficient (Wildman–Crippen LogP) is 2.49. The van der Waals surface area contributed by atoms with Crippen molar-refractivity contribution in [3.63, 3.8) is 0 Å². The summed E-state index contributed by atoms with van der Waals surface area (Å²) in [5, 5.41) is 2.66. The Balaban J connectivity index is 1.91. The van der Waals surface area contributed by atoms with Gasteiger partial charge in [0, 0.05) is 24.5 Å². The third-order valence-electron chi connectivity index (χ3n) is 3.00. The van der Waals surface area contributed by atoms with Crippen LogP contribution in [0.5, 0.6) is 5.75 Å². The van der Waals surface area contributed by atoms with Crippen molar-refractivity contribution in [1.82, 2.24) is 10.3 Å². The van der Waals surface area contributed by atoms with Crippen molar-refractivity contribution in [3.8, 4) is 5.75 Å². The second kappa shape index (κ2) is 8.48. The third-order valence-corrected chi connectivity index (χ3v) is 3.00. The number of benzene rings is 1. The van der Waals surface area contributed by atoms with Crippen LogP contribution in [-0.2, 0) is 4.79 Å². The molecule has 23 heavy (non-hydrogen) atoms. The van der Waals surface area contributed by atoms with Crippen molar-refractivity contribution in [1.29, 1.82) is 0 Å². The fourth-order valence-electron chi connectivity index (χ4n) is 1.85. The summed E-state index contributed by atoms with van der Waals surface area (Å²) in [6.07, 6.45) is 6.38. The molecule has 0 radical (unpaired) electrons. The van der Waals surface area contributed by atoms with E-state index in [2.05, 4.69) is 10.3 Å². The van der Waals surface area contributed by atoms with E-state index >= 15 is 0 Å². The molecule has 118 valence electrons. The fraction of sp³-hybridized carbons (Fsp3) is 0.167. The molecular formula is C18H18N2O3. The third kappa shape index (κ3) is 5.39. The summed E-state index contributed by atoms with van der Waals surface area (Å²) < 4.78 is 5.36. The number of allylic oxidation sites excluding steroid dienone is 1. The number of ether oxygens (including phenoxy) is 1. The summed E-state index contributed by atoms with van der Waals surface area (Å²) in [5.74, 6) is 0.347. The first-order valence-corrected chi connectivity index (χ1v) is 7.31. The van der Waals surface area contributed by atoms with E-state index in [4.69, 9.17) is 4.74 Å². The fourth-order valence-corrected chi connectivity index (χ4v) is 1.85. The number of nitrogens with zero attached hydrogens (tertiary/aromatic N) is 1. The average molecular weight is 310 g/mol. The van der Waals surface area contributed by atoms with Gasteiger partial charge in [-0.2, -0.15) is 0 Å². The van der Waals surface area contributed by atoms with Crippen LogP contribution in [0.3, 0.4) is 0 Å². The molecule has 1 aromatic heterocycles. The van der Waals surface area contributed by atoms with Crippen LogP contribution in [-0.4, -0.2) is 29.8 Å². The van der Waals surface area contributed by atoms with E-state index in [1.807, 2.05) is 19.1 Å². The monoisotopic (exact) mass is 310 g/mol. The number of hydrogen-bond donors (Lipinski definition) is 1. The van der Waals surface area contributed by atoms with Gasteiger partial charge >= 0.3 is 0 Å². The normalized spacial score (nSPS) is 10.5. The van der Waals surface area contributed by atoms with E-state index in [9.17, 15) is 9.59 Å². The summed E-state index contributed by atoms with van der Waals surface area (Å²) in [7, 11) is 0. The van der Waals surface area contributed by atoms with Gasteiger partial charge in [0.1, 0.15) is 5.75 Å². The molecule has 0 saturated heterocycles. The van der Waals surface area contributed by atoms with Gasteiger partial charge in [0.15, 0.2) is 12.4 Å². The number of carbonyl (C=O) groups excluding carboxylic acids is 2. The van der Waals surface area contributed by atoms with Gasteiger partial charge in [-0.15, -0.1) is 0 Å². The van der Waals surface area contributed by atoms with Gasteiger partial charge in [-0.1, -0.05) is 18.2 Å². The number of nitrogens with one attached hydrogen (secondary N) is 1. The summed E-state index contributed by atoms with van der Waals surface area (Å²) in [6, 6.07) is 10.6. The topological polar surface area (TPSA) is 68.3 Å². The van der Waals surface area contributed by atoms with Crippen molar-refractivity contribution >= 4 is 17.8 Å². The quantitative estimate of drug-likeness (QED) is 0.630. The van der Waals surface area contributed by atoms with Crippen LogP contribution < -0.4 is 10.1 Å². The number of aromatic nitrogens is 1. The number of amides is 1. The Morgan fingerprint density at radius 1 is 1.22 bits per heavy atom. The first-order valence-electron chi connectivity index (χ1n) is 7.31. The molecule has 5 heteroatoms. The highest BCUT2D eigenvalue weighted by Crippen LogP contribution is 2.13. The molecule has 0 unspecified atom stereocenters. The molecular weight excluding hydrogens is 292 g/mol. The zero-order valence-electron chi connectivity index (χ0n) is 12.9. The molecule has 0 fully saturated rings. The van der Waals surface area contributed by atoms with Crippen LogP contribution in [0.2, 0.25) is 0 Å². The van der Waals surface area contributed by atoms with Gasteiger partial charge in [0.05, 0.1) is 0 Å². The van der Waals surface area contributed by atoms with Gasteiger partial charge in [0.25, 0.3) is 5.91 Å². The van der Waals surface area contributed by atoms with Crippen molar-refractivity contribution in [3.05, 3.63) is 66.0 Å². The highest BCUT2D eigenvalue weighted by Gasteiger charge is 2.02.